The van der Waals surface area contributed by atoms with Crippen LogP contribution < -0.4 is 0 Å². The first-order valence-electron chi connectivity index (χ1n) is 37.1. The summed E-state index contributed by atoms with van der Waals surface area (Å²) in [5, 5.41) is 18.6. The SMILES string of the molecule is C1=CC2C3C=CC(C3)C2C1.C1CC2C3CCC(C3)C2C1.C1CC2C3CCC(C3)C2C1.C=C(C)C.C=CC(C)(O)CCC=C(C)C.CC.CC.CC.CC.CC.CC.CC.CC(CC(C)(C)C)CC(C)(C)C.CC1(O)C=CCC1.CC1=CCC=C1.O.[2HH].[Cl][Al]([Cl])[Cl].[Ru]. The number of fused-ring (bicyclic) bond motifs is 15. The minimum absolute atomic E-state index is 0. The Hall–Kier alpha value is -0.174. The van der Waals surface area contributed by atoms with Crippen LogP contribution in [0.25, 0.3) is 0 Å². The van der Waals surface area contributed by atoms with Crippen LogP contribution in [0, 0.1) is 87.8 Å². The third-order valence-corrected chi connectivity index (χ3v) is 18.0. The third-order valence-electron chi connectivity index (χ3n) is 18.0. The Morgan fingerprint density at radius 1 is 0.644 bits per heavy atom. The van der Waals surface area contributed by atoms with Crippen molar-refractivity contribution in [1.29, 1.82) is 0 Å². The molecule has 538 valence electrons. The van der Waals surface area contributed by atoms with E-state index in [0.717, 1.165) is 61.7 Å². The van der Waals surface area contributed by atoms with Crippen LogP contribution in [0.3, 0.4) is 0 Å². The zero-order valence-electron chi connectivity index (χ0n) is 65.1. The van der Waals surface area contributed by atoms with Gasteiger partial charge in [-0.1, -0.05) is 242 Å². The molecule has 7 fully saturated rings. The quantitative estimate of drug-likeness (QED) is 0.205. The van der Waals surface area contributed by atoms with Crippen molar-refractivity contribution < 1.29 is 36.6 Å². The van der Waals surface area contributed by atoms with Gasteiger partial charge in [0, 0.05) is 20.9 Å². The largest absolute Gasteiger partial charge is 0.643 e. The summed E-state index contributed by atoms with van der Waals surface area (Å²) in [6.07, 6.45) is 53.1. The van der Waals surface area contributed by atoms with Gasteiger partial charge in [0.1, 0.15) is 0 Å². The number of rotatable bonds is 6. The standard InChI is InChI=1S/C12H26.C10H18O.2C10H16.C10H12.C6H10O.C6H8.C4H8.7C2H6.Al.3ClH.H2O.Ru.H2/c1-10(8-11(2,3)4)9-12(5,6)7;1-5-10(4,11)8-6-7-9(2)3;3*1-2-9-7-4-5-8(6-7)10(9)3-1;1-6(7)4-2-3-5-6;1-6-4-2-3-5-6;1-4(2)3;7*1-2;;;;;;;/h10H,8-9H2,1-7H3;5,7,11H,1,6,8H2,2-4H3;2*7-10H,1-6H2;1-2,4-5,7-10H,3,6H2;2,4,7H,3,5H2,1H3;2,4-5H,3H2,1H3;1H2,2-3H3;7*1-2H3;;3*1H;1H2;;1H/q;;;;;;;;;;;;;;;+3;;;;;;/p-3/i;;;;;;;;;;;;;;;;;;;;;1+1. The van der Waals surface area contributed by atoms with Gasteiger partial charge in [0.25, 0.3) is 0 Å². The van der Waals surface area contributed by atoms with Gasteiger partial charge in [-0.15, -0.1) is 13.2 Å². The van der Waals surface area contributed by atoms with Gasteiger partial charge in [-0.3, -0.25) is 0 Å². The first-order chi connectivity index (χ1) is 41.5. The van der Waals surface area contributed by atoms with Gasteiger partial charge >= 0.3 is 11.4 Å². The summed E-state index contributed by atoms with van der Waals surface area (Å²) in [7, 11) is 14.8. The Kier molecular flexibility index (Phi) is 68.9. The van der Waals surface area contributed by atoms with E-state index >= 15 is 0 Å². The predicted molar refractivity (Wildman–Crippen MR) is 417 cm³/mol. The monoisotopic (exact) mass is 1430 g/mol. The molecule has 8 heteroatoms. The molecule has 7 saturated carbocycles. The minimum Gasteiger partial charge on any atom is -0.412 e. The van der Waals surface area contributed by atoms with Gasteiger partial charge in [-0.05, 0) is 258 Å². The molecule has 0 amide bonds. The van der Waals surface area contributed by atoms with Gasteiger partial charge in [0.05, 0.1) is 11.2 Å². The topological polar surface area (TPSA) is 72.0 Å². The van der Waals surface area contributed by atoms with Crippen molar-refractivity contribution in [3.8, 4) is 0 Å². The number of hydrogen-bond donors (Lipinski definition) is 2. The smallest absolute Gasteiger partial charge is 0.412 e. The molecule has 0 heterocycles. The average molecular weight is 1430 g/mol. The van der Waals surface area contributed by atoms with E-state index in [9.17, 15) is 5.11 Å². The van der Waals surface area contributed by atoms with E-state index < -0.39 is 22.6 Å². The van der Waals surface area contributed by atoms with Crippen molar-refractivity contribution >= 4 is 41.5 Å². The fourth-order valence-electron chi connectivity index (χ4n) is 15.3. The molecule has 0 aliphatic heterocycles. The Balaban J connectivity index is -0.000000140. The van der Waals surface area contributed by atoms with Gasteiger partial charge < -0.3 is 15.7 Å². The molecule has 0 aromatic rings. The summed E-state index contributed by atoms with van der Waals surface area (Å²) in [4.78, 5) is 0. The first-order valence-corrected chi connectivity index (χ1v) is 42.4. The molecule has 11 aliphatic carbocycles. The summed E-state index contributed by atoms with van der Waals surface area (Å²) < 4.78 is 0. The maximum Gasteiger partial charge on any atom is 0.643 e. The van der Waals surface area contributed by atoms with E-state index in [1.165, 1.54) is 89.7 Å². The summed E-state index contributed by atoms with van der Waals surface area (Å²) in [5.41, 5.74) is 3.65. The molecule has 11 aliphatic rings. The Labute approximate surface area is 598 Å². The van der Waals surface area contributed by atoms with Crippen LogP contribution in [0.5, 0.6) is 0 Å². The van der Waals surface area contributed by atoms with Crippen LogP contribution in [0.1, 0.15) is 330 Å². The zero-order valence-corrected chi connectivity index (χ0v) is 70.2. The zero-order chi connectivity index (χ0) is 69.4. The second-order valence-corrected chi connectivity index (χ2v) is 34.8. The van der Waals surface area contributed by atoms with E-state index in [0.29, 0.717) is 10.8 Å². The van der Waals surface area contributed by atoms with Crippen LogP contribution >= 0.6 is 30.1 Å². The molecule has 4 N–H and O–H groups in total. The fourth-order valence-corrected chi connectivity index (χ4v) is 15.3. The first kappa shape index (κ1) is 103. The fraction of sp³-hybridized carbons (Fsp3) is 0.805. The van der Waals surface area contributed by atoms with Gasteiger partial charge in [-0.2, -0.15) is 0 Å². The molecule has 6 bridgehead atoms. The molecule has 0 saturated heterocycles. The Morgan fingerprint density at radius 3 is 1.28 bits per heavy atom. The third kappa shape index (κ3) is 48.5. The maximum atomic E-state index is 9.49. The summed E-state index contributed by atoms with van der Waals surface area (Å²) >= 11 is -1.72. The van der Waals surface area contributed by atoms with Crippen LogP contribution in [0.2, 0.25) is 0 Å². The average Bonchev–Trinajstić information content (AvgIpc) is 1.67. The van der Waals surface area contributed by atoms with Crippen molar-refractivity contribution in [2.24, 2.45) is 87.8 Å². The predicted octanol–water partition coefficient (Wildman–Crippen LogP) is 28.1. The Bertz CT molecular complexity index is 1760. The van der Waals surface area contributed by atoms with Crippen LogP contribution in [0.15, 0.2) is 96.7 Å². The van der Waals surface area contributed by atoms with Crippen molar-refractivity contribution in [2.45, 2.75) is 340 Å². The second kappa shape index (κ2) is 60.0. The van der Waals surface area contributed by atoms with Crippen molar-refractivity contribution in [1.82, 2.24) is 0 Å². The van der Waals surface area contributed by atoms with Crippen LogP contribution in [-0.2, 0) is 19.5 Å². The van der Waals surface area contributed by atoms with Gasteiger partial charge in [-0.25, -0.2) is 30.1 Å². The molecule has 0 radical (unpaired) electrons. The molecule has 90 heavy (non-hydrogen) atoms. The molecular weight excluding hydrogens is 1270 g/mol. The summed E-state index contributed by atoms with van der Waals surface area (Å²) in [6, 6.07) is 0. The van der Waals surface area contributed by atoms with E-state index in [4.69, 9.17) is 35.3 Å². The molecule has 11 rings (SSSR count). The molecule has 3 nitrogen and oxygen atoms in total. The molecule has 14 unspecified atom stereocenters. The van der Waals surface area contributed by atoms with E-state index in [-0.39, 0.29) is 26.4 Å². The molecule has 0 aromatic carbocycles. The maximum absolute atomic E-state index is 9.49. The van der Waals surface area contributed by atoms with Crippen LogP contribution in [-0.4, -0.2) is 38.3 Å². The molecular formula is C82H160AlCl3O3Ru. The van der Waals surface area contributed by atoms with Crippen molar-refractivity contribution in [3.05, 3.63) is 96.7 Å². The second-order valence-electron chi connectivity index (χ2n) is 28.4. The molecule has 0 aromatic heterocycles. The number of aliphatic hydroxyl groups is 2. The molecule has 14 atom stereocenters. The number of halogens is 3. The number of allylic oxidation sites excluding steroid dienone is 12. The minimum atomic E-state index is -1.72. The van der Waals surface area contributed by atoms with Gasteiger partial charge in [0.15, 0.2) is 0 Å². The summed E-state index contributed by atoms with van der Waals surface area (Å²) in [6.45, 7) is 65.2. The Morgan fingerprint density at radius 2 is 1.02 bits per heavy atom. The normalized spacial score (nSPS) is 28.0. The number of hydrogen-bond acceptors (Lipinski definition) is 2. The molecule has 0 spiro atoms. The van der Waals surface area contributed by atoms with E-state index in [1.54, 1.807) is 90.0 Å². The van der Waals surface area contributed by atoms with Crippen LogP contribution in [0.4, 0.5) is 0 Å². The van der Waals surface area contributed by atoms with Crippen molar-refractivity contribution in [3.63, 3.8) is 0 Å². The van der Waals surface area contributed by atoms with E-state index in [2.05, 4.69) is 131 Å². The van der Waals surface area contributed by atoms with Gasteiger partial charge in [0.2, 0.25) is 0 Å². The van der Waals surface area contributed by atoms with Crippen molar-refractivity contribution in [2.75, 3.05) is 0 Å². The summed E-state index contributed by atoms with van der Waals surface area (Å²) in [5.74, 6) is 14.3. The van der Waals surface area contributed by atoms with E-state index in [1.807, 2.05) is 130 Å².